The highest BCUT2D eigenvalue weighted by Gasteiger charge is 2.21. The number of nitrogens with zero attached hydrogens (tertiary/aromatic N) is 1. The van der Waals surface area contributed by atoms with E-state index in [-0.39, 0.29) is 12.4 Å². The molecule has 0 aromatic heterocycles. The van der Waals surface area contributed by atoms with Gasteiger partial charge in [0.15, 0.2) is 0 Å². The molecular weight excluding hydrogens is 292 g/mol. The Balaban J connectivity index is 2.92. The van der Waals surface area contributed by atoms with Crippen LogP contribution in [0.15, 0.2) is 24.3 Å². The van der Waals surface area contributed by atoms with Crippen molar-refractivity contribution in [3.63, 3.8) is 0 Å². The highest BCUT2D eigenvalue weighted by Crippen LogP contribution is 2.22. The summed E-state index contributed by atoms with van der Waals surface area (Å²) in [7, 11) is -1.86. The molecule has 2 N–H and O–H groups in total. The maximum absolute atomic E-state index is 12.4. The number of anilines is 1. The fraction of sp³-hybridized carbons (Fsp3) is 0.571. The molecule has 0 unspecified atom stereocenters. The third-order valence-electron chi connectivity index (χ3n) is 2.95. The standard InChI is InChI=1S/C14H24N2O4S/c1-3-20-11-12-21(17,18)16(10-4-9-15)13-5-7-14(19-2)8-6-13/h5-8H,3-4,9-12,15H2,1-2H3. The Morgan fingerprint density at radius 3 is 2.43 bits per heavy atom. The maximum Gasteiger partial charge on any atom is 0.237 e. The fourth-order valence-corrected chi connectivity index (χ4v) is 3.23. The summed E-state index contributed by atoms with van der Waals surface area (Å²) in [6.07, 6.45) is 0.597. The Hall–Kier alpha value is -1.31. The summed E-state index contributed by atoms with van der Waals surface area (Å²) in [5.74, 6) is 0.640. The topological polar surface area (TPSA) is 81.9 Å². The number of methoxy groups -OCH3 is 1. The molecule has 0 fully saturated rings. The summed E-state index contributed by atoms with van der Waals surface area (Å²) in [5.41, 5.74) is 6.11. The van der Waals surface area contributed by atoms with E-state index in [4.69, 9.17) is 15.2 Å². The van der Waals surface area contributed by atoms with Crippen LogP contribution in [0.3, 0.4) is 0 Å². The number of nitrogens with two attached hydrogens (primary N) is 1. The molecule has 0 spiro atoms. The zero-order valence-corrected chi connectivity index (χ0v) is 13.4. The van der Waals surface area contributed by atoms with Crippen LogP contribution in [0.5, 0.6) is 5.75 Å². The number of sulfonamides is 1. The van der Waals surface area contributed by atoms with E-state index >= 15 is 0 Å². The second-order valence-electron chi connectivity index (χ2n) is 4.43. The number of rotatable bonds is 10. The molecule has 0 aliphatic carbocycles. The highest BCUT2D eigenvalue weighted by atomic mass is 32.2. The lowest BCUT2D eigenvalue weighted by atomic mass is 10.3. The molecule has 0 saturated heterocycles. The Bertz CT molecular complexity index is 502. The Labute approximate surface area is 126 Å². The van der Waals surface area contributed by atoms with Gasteiger partial charge in [0.2, 0.25) is 10.0 Å². The van der Waals surface area contributed by atoms with E-state index in [9.17, 15) is 8.42 Å². The number of hydrogen-bond donors (Lipinski definition) is 1. The van der Waals surface area contributed by atoms with Crippen molar-refractivity contribution < 1.29 is 17.9 Å². The highest BCUT2D eigenvalue weighted by molar-refractivity contribution is 7.92. The lowest BCUT2D eigenvalue weighted by Gasteiger charge is -2.24. The summed E-state index contributed by atoms with van der Waals surface area (Å²) < 4.78 is 36.5. The molecular formula is C14H24N2O4S. The normalized spacial score (nSPS) is 11.4. The second kappa shape index (κ2) is 8.86. The summed E-state index contributed by atoms with van der Waals surface area (Å²) in [6, 6.07) is 6.94. The molecule has 0 atom stereocenters. The van der Waals surface area contributed by atoms with Gasteiger partial charge >= 0.3 is 0 Å². The van der Waals surface area contributed by atoms with Crippen molar-refractivity contribution >= 4 is 15.7 Å². The minimum atomic E-state index is -3.43. The van der Waals surface area contributed by atoms with Gasteiger partial charge in [0.1, 0.15) is 5.75 Å². The first-order valence-corrected chi connectivity index (χ1v) is 8.58. The van der Waals surface area contributed by atoms with Crippen LogP contribution in [-0.4, -0.2) is 47.6 Å². The molecule has 1 aromatic rings. The van der Waals surface area contributed by atoms with Gasteiger partial charge in [-0.15, -0.1) is 0 Å². The minimum absolute atomic E-state index is 0.0442. The van der Waals surface area contributed by atoms with Gasteiger partial charge in [-0.1, -0.05) is 0 Å². The average Bonchev–Trinajstić information content (AvgIpc) is 2.48. The van der Waals surface area contributed by atoms with E-state index in [0.717, 1.165) is 0 Å². The Morgan fingerprint density at radius 2 is 1.90 bits per heavy atom. The van der Waals surface area contributed by atoms with E-state index in [2.05, 4.69) is 0 Å². The van der Waals surface area contributed by atoms with Gasteiger partial charge in [-0.2, -0.15) is 0 Å². The molecule has 0 amide bonds. The van der Waals surface area contributed by atoms with E-state index in [1.54, 1.807) is 31.4 Å². The van der Waals surface area contributed by atoms with E-state index in [1.165, 1.54) is 4.31 Å². The Morgan fingerprint density at radius 1 is 1.24 bits per heavy atom. The van der Waals surface area contributed by atoms with E-state index in [0.29, 0.717) is 37.6 Å². The monoisotopic (exact) mass is 316 g/mol. The molecule has 21 heavy (non-hydrogen) atoms. The van der Waals surface area contributed by atoms with Crippen LogP contribution < -0.4 is 14.8 Å². The molecule has 120 valence electrons. The van der Waals surface area contributed by atoms with Crippen molar-refractivity contribution in [2.75, 3.05) is 43.5 Å². The lowest BCUT2D eigenvalue weighted by Crippen LogP contribution is -2.36. The first-order chi connectivity index (χ1) is 10.0. The van der Waals surface area contributed by atoms with Crippen molar-refractivity contribution in [3.8, 4) is 5.75 Å². The summed E-state index contributed by atoms with van der Waals surface area (Å²) in [6.45, 7) is 3.32. The van der Waals surface area contributed by atoms with Crippen LogP contribution >= 0.6 is 0 Å². The minimum Gasteiger partial charge on any atom is -0.497 e. The van der Waals surface area contributed by atoms with Gasteiger partial charge in [-0.25, -0.2) is 8.42 Å². The Kier molecular flexibility index (Phi) is 7.49. The van der Waals surface area contributed by atoms with Crippen LogP contribution in [-0.2, 0) is 14.8 Å². The molecule has 7 heteroatoms. The van der Waals surface area contributed by atoms with Crippen molar-refractivity contribution in [1.82, 2.24) is 0 Å². The van der Waals surface area contributed by atoms with Crippen molar-refractivity contribution in [2.24, 2.45) is 5.73 Å². The molecule has 0 aliphatic rings. The molecule has 1 aromatic carbocycles. The summed E-state index contributed by atoms with van der Waals surface area (Å²) in [4.78, 5) is 0. The van der Waals surface area contributed by atoms with Gasteiger partial charge in [0, 0.05) is 13.2 Å². The number of benzene rings is 1. The second-order valence-corrected chi connectivity index (χ2v) is 6.44. The third kappa shape index (κ3) is 5.53. The molecule has 0 bridgehead atoms. The molecule has 0 radical (unpaired) electrons. The van der Waals surface area contributed by atoms with Gasteiger partial charge in [0.25, 0.3) is 0 Å². The van der Waals surface area contributed by atoms with Crippen LogP contribution in [0.1, 0.15) is 13.3 Å². The first kappa shape index (κ1) is 17.7. The average molecular weight is 316 g/mol. The number of ether oxygens (including phenoxy) is 2. The summed E-state index contributed by atoms with van der Waals surface area (Å²) >= 11 is 0. The fourth-order valence-electron chi connectivity index (χ4n) is 1.83. The van der Waals surface area contributed by atoms with Crippen molar-refractivity contribution in [1.29, 1.82) is 0 Å². The predicted octanol–water partition coefficient (Wildman–Crippen LogP) is 1.22. The quantitative estimate of drug-likeness (QED) is 0.656. The SMILES string of the molecule is CCOCCS(=O)(=O)N(CCCN)c1ccc(OC)cc1. The van der Waals surface area contributed by atoms with Crippen LogP contribution in [0.25, 0.3) is 0 Å². The van der Waals surface area contributed by atoms with Crippen LogP contribution in [0, 0.1) is 0 Å². The number of hydrogen-bond acceptors (Lipinski definition) is 5. The van der Waals surface area contributed by atoms with Crippen molar-refractivity contribution in [3.05, 3.63) is 24.3 Å². The van der Waals surface area contributed by atoms with Gasteiger partial charge in [0.05, 0.1) is 25.2 Å². The summed E-state index contributed by atoms with van der Waals surface area (Å²) in [5, 5.41) is 0. The van der Waals surface area contributed by atoms with E-state index in [1.807, 2.05) is 6.92 Å². The maximum atomic E-state index is 12.4. The first-order valence-electron chi connectivity index (χ1n) is 6.97. The smallest absolute Gasteiger partial charge is 0.237 e. The van der Waals surface area contributed by atoms with E-state index < -0.39 is 10.0 Å². The largest absolute Gasteiger partial charge is 0.497 e. The predicted molar refractivity (Wildman–Crippen MR) is 84.3 cm³/mol. The molecule has 0 saturated carbocycles. The zero-order valence-electron chi connectivity index (χ0n) is 12.6. The molecule has 1 rings (SSSR count). The molecule has 6 nitrogen and oxygen atoms in total. The third-order valence-corrected chi connectivity index (χ3v) is 4.70. The lowest BCUT2D eigenvalue weighted by molar-refractivity contribution is 0.163. The zero-order chi connectivity index (χ0) is 15.7. The van der Waals surface area contributed by atoms with Crippen LogP contribution in [0.4, 0.5) is 5.69 Å². The molecule has 0 aliphatic heterocycles. The van der Waals surface area contributed by atoms with Crippen molar-refractivity contribution in [2.45, 2.75) is 13.3 Å². The van der Waals surface area contributed by atoms with Gasteiger partial charge in [-0.05, 0) is 44.2 Å². The molecule has 0 heterocycles. The van der Waals surface area contributed by atoms with Crippen LogP contribution in [0.2, 0.25) is 0 Å². The van der Waals surface area contributed by atoms with Gasteiger partial charge < -0.3 is 15.2 Å². The van der Waals surface area contributed by atoms with Gasteiger partial charge in [-0.3, -0.25) is 4.31 Å².